The van der Waals surface area contributed by atoms with Gasteiger partial charge < -0.3 is 9.73 Å². The van der Waals surface area contributed by atoms with Gasteiger partial charge in [-0.05, 0) is 31.2 Å². The van der Waals surface area contributed by atoms with E-state index in [9.17, 15) is 8.78 Å². The number of benzene rings is 1. The van der Waals surface area contributed by atoms with E-state index < -0.39 is 11.6 Å². The number of furan rings is 1. The van der Waals surface area contributed by atoms with Crippen LogP contribution in [0.3, 0.4) is 0 Å². The third-order valence-electron chi connectivity index (χ3n) is 2.83. The first kappa shape index (κ1) is 12.8. The molecule has 1 aromatic carbocycles. The van der Waals surface area contributed by atoms with Gasteiger partial charge in [0.1, 0.15) is 17.4 Å². The average molecular weight is 251 g/mol. The largest absolute Gasteiger partial charge is 0.469 e. The molecule has 0 saturated carbocycles. The van der Waals surface area contributed by atoms with E-state index in [1.54, 1.807) is 13.2 Å². The smallest absolute Gasteiger partial charge is 0.130 e. The first-order valence-corrected chi connectivity index (χ1v) is 5.88. The molecule has 18 heavy (non-hydrogen) atoms. The van der Waals surface area contributed by atoms with Crippen molar-refractivity contribution in [2.24, 2.45) is 0 Å². The van der Waals surface area contributed by atoms with Crippen LogP contribution in [0.2, 0.25) is 0 Å². The molecule has 0 bridgehead atoms. The van der Waals surface area contributed by atoms with E-state index >= 15 is 0 Å². The topological polar surface area (TPSA) is 25.2 Å². The van der Waals surface area contributed by atoms with Crippen molar-refractivity contribution in [1.82, 2.24) is 5.32 Å². The van der Waals surface area contributed by atoms with Crippen molar-refractivity contribution in [1.29, 1.82) is 0 Å². The lowest BCUT2D eigenvalue weighted by Crippen LogP contribution is -2.23. The van der Waals surface area contributed by atoms with E-state index in [2.05, 4.69) is 5.32 Å². The Balaban J connectivity index is 1.93. The van der Waals surface area contributed by atoms with Crippen molar-refractivity contribution >= 4 is 0 Å². The first-order valence-electron chi connectivity index (χ1n) is 5.88. The third-order valence-corrected chi connectivity index (χ3v) is 2.83. The fourth-order valence-corrected chi connectivity index (χ4v) is 1.89. The first-order chi connectivity index (χ1) is 8.68. The summed E-state index contributed by atoms with van der Waals surface area (Å²) in [5.41, 5.74) is 0.0805. The van der Waals surface area contributed by atoms with Gasteiger partial charge in [-0.3, -0.25) is 0 Å². The molecular weight excluding hydrogens is 236 g/mol. The lowest BCUT2D eigenvalue weighted by molar-refractivity contribution is 0.465. The van der Waals surface area contributed by atoms with Crippen LogP contribution in [-0.2, 0) is 6.42 Å². The van der Waals surface area contributed by atoms with Crippen LogP contribution in [0.1, 0.15) is 24.3 Å². The molecule has 0 aliphatic heterocycles. The number of rotatable bonds is 5. The summed E-state index contributed by atoms with van der Waals surface area (Å²) in [6.45, 7) is 2.34. The molecule has 1 atom stereocenters. The molecule has 0 saturated heterocycles. The molecule has 2 aromatic rings. The van der Waals surface area contributed by atoms with Gasteiger partial charge in [0.25, 0.3) is 0 Å². The quantitative estimate of drug-likeness (QED) is 0.880. The van der Waals surface area contributed by atoms with E-state index in [0.717, 1.165) is 5.76 Å². The van der Waals surface area contributed by atoms with E-state index in [0.29, 0.717) is 13.0 Å². The minimum atomic E-state index is -0.520. The van der Waals surface area contributed by atoms with Crippen molar-refractivity contribution in [3.8, 4) is 0 Å². The molecule has 0 aliphatic rings. The van der Waals surface area contributed by atoms with Crippen LogP contribution in [0.5, 0.6) is 0 Å². The third kappa shape index (κ3) is 2.96. The molecule has 1 N–H and O–H groups in total. The molecule has 1 aromatic heterocycles. The Morgan fingerprint density at radius 3 is 2.50 bits per heavy atom. The van der Waals surface area contributed by atoms with Crippen LogP contribution in [0.4, 0.5) is 8.78 Å². The highest BCUT2D eigenvalue weighted by atomic mass is 19.1. The summed E-state index contributed by atoms with van der Waals surface area (Å²) < 4.78 is 32.2. The standard InChI is InChI=1S/C14H15F2NO/c1-10(14-12(15)5-2-6-13(14)16)17-8-7-11-4-3-9-18-11/h2-6,9-10,17H,7-8H2,1H3. The monoisotopic (exact) mass is 251 g/mol. The number of hydrogen-bond acceptors (Lipinski definition) is 2. The highest BCUT2D eigenvalue weighted by Crippen LogP contribution is 2.20. The lowest BCUT2D eigenvalue weighted by Gasteiger charge is -2.15. The van der Waals surface area contributed by atoms with Gasteiger partial charge in [-0.15, -0.1) is 0 Å². The van der Waals surface area contributed by atoms with Crippen molar-refractivity contribution in [3.05, 3.63) is 59.6 Å². The summed E-state index contributed by atoms with van der Waals surface area (Å²) in [4.78, 5) is 0. The fraction of sp³-hybridized carbons (Fsp3) is 0.286. The van der Waals surface area contributed by atoms with E-state index in [1.165, 1.54) is 18.2 Å². The van der Waals surface area contributed by atoms with E-state index in [4.69, 9.17) is 4.42 Å². The Labute approximate surface area is 105 Å². The highest BCUT2D eigenvalue weighted by Gasteiger charge is 2.15. The zero-order chi connectivity index (χ0) is 13.0. The molecule has 2 rings (SSSR count). The Morgan fingerprint density at radius 2 is 1.89 bits per heavy atom. The maximum absolute atomic E-state index is 13.5. The number of hydrogen-bond donors (Lipinski definition) is 1. The summed E-state index contributed by atoms with van der Waals surface area (Å²) in [6.07, 6.45) is 2.29. The molecular formula is C14H15F2NO. The summed E-state index contributed by atoms with van der Waals surface area (Å²) in [6, 6.07) is 7.21. The fourth-order valence-electron chi connectivity index (χ4n) is 1.89. The van der Waals surface area contributed by atoms with Crippen molar-refractivity contribution in [2.75, 3.05) is 6.54 Å². The molecule has 96 valence electrons. The molecule has 1 unspecified atom stereocenters. The zero-order valence-corrected chi connectivity index (χ0v) is 10.1. The van der Waals surface area contributed by atoms with Gasteiger partial charge in [-0.25, -0.2) is 8.78 Å². The van der Waals surface area contributed by atoms with Gasteiger partial charge in [0.15, 0.2) is 0 Å². The zero-order valence-electron chi connectivity index (χ0n) is 10.1. The van der Waals surface area contributed by atoms with Crippen LogP contribution >= 0.6 is 0 Å². The predicted molar refractivity (Wildman–Crippen MR) is 65.2 cm³/mol. The van der Waals surface area contributed by atoms with Gasteiger partial charge in [-0.1, -0.05) is 6.07 Å². The van der Waals surface area contributed by atoms with E-state index in [1.807, 2.05) is 12.1 Å². The van der Waals surface area contributed by atoms with Gasteiger partial charge in [0, 0.05) is 24.6 Å². The van der Waals surface area contributed by atoms with Crippen molar-refractivity contribution < 1.29 is 13.2 Å². The normalized spacial score (nSPS) is 12.6. The lowest BCUT2D eigenvalue weighted by atomic mass is 10.1. The van der Waals surface area contributed by atoms with Gasteiger partial charge in [0.05, 0.1) is 6.26 Å². The Kier molecular flexibility index (Phi) is 4.10. The molecule has 1 heterocycles. The molecule has 0 spiro atoms. The second-order valence-corrected chi connectivity index (χ2v) is 4.14. The molecule has 0 fully saturated rings. The van der Waals surface area contributed by atoms with Crippen LogP contribution < -0.4 is 5.32 Å². The molecule has 2 nitrogen and oxygen atoms in total. The molecule has 0 aliphatic carbocycles. The van der Waals surface area contributed by atoms with Crippen LogP contribution in [0, 0.1) is 11.6 Å². The van der Waals surface area contributed by atoms with Crippen molar-refractivity contribution in [3.63, 3.8) is 0 Å². The minimum Gasteiger partial charge on any atom is -0.469 e. The average Bonchev–Trinajstić information content (AvgIpc) is 2.82. The summed E-state index contributed by atoms with van der Waals surface area (Å²) in [7, 11) is 0. The van der Waals surface area contributed by atoms with Gasteiger partial charge in [0.2, 0.25) is 0 Å². The van der Waals surface area contributed by atoms with Crippen LogP contribution in [0.15, 0.2) is 41.0 Å². The molecule has 0 amide bonds. The summed E-state index contributed by atoms with van der Waals surface area (Å²) in [5, 5.41) is 3.08. The maximum atomic E-state index is 13.5. The molecule has 4 heteroatoms. The second kappa shape index (κ2) is 5.78. The Morgan fingerprint density at radius 1 is 1.17 bits per heavy atom. The van der Waals surface area contributed by atoms with Gasteiger partial charge in [-0.2, -0.15) is 0 Å². The Bertz CT molecular complexity index is 476. The summed E-state index contributed by atoms with van der Waals surface area (Å²) in [5.74, 6) is -0.190. The van der Waals surface area contributed by atoms with Gasteiger partial charge >= 0.3 is 0 Å². The number of nitrogens with one attached hydrogen (secondary N) is 1. The number of halogens is 2. The maximum Gasteiger partial charge on any atom is 0.130 e. The van der Waals surface area contributed by atoms with Crippen LogP contribution in [0.25, 0.3) is 0 Å². The highest BCUT2D eigenvalue weighted by molar-refractivity contribution is 5.22. The Hall–Kier alpha value is -1.68. The summed E-state index contributed by atoms with van der Waals surface area (Å²) >= 11 is 0. The molecule has 0 radical (unpaired) electrons. The van der Waals surface area contributed by atoms with E-state index in [-0.39, 0.29) is 11.6 Å². The second-order valence-electron chi connectivity index (χ2n) is 4.14. The van der Waals surface area contributed by atoms with Crippen LogP contribution in [-0.4, -0.2) is 6.54 Å². The minimum absolute atomic E-state index is 0.0805. The SMILES string of the molecule is CC(NCCc1ccco1)c1c(F)cccc1F. The predicted octanol–water partition coefficient (Wildman–Crippen LogP) is 3.45. The van der Waals surface area contributed by atoms with Crippen molar-refractivity contribution in [2.45, 2.75) is 19.4 Å².